The summed E-state index contributed by atoms with van der Waals surface area (Å²) >= 11 is 3.43. The van der Waals surface area contributed by atoms with Crippen molar-refractivity contribution in [3.63, 3.8) is 0 Å². The fraction of sp³-hybridized carbons (Fsp3) is 0.222. The van der Waals surface area contributed by atoms with Crippen molar-refractivity contribution in [1.82, 2.24) is 9.38 Å². The predicted octanol–water partition coefficient (Wildman–Crippen LogP) is 3.54. The largest absolute Gasteiger partial charge is 0.494 e. The molecule has 0 unspecified atom stereocenters. The highest BCUT2D eigenvalue weighted by molar-refractivity contribution is 9.10. The third kappa shape index (κ3) is 3.56. The molecule has 0 spiro atoms. The summed E-state index contributed by atoms with van der Waals surface area (Å²) < 4.78 is 26.4. The molecule has 0 atom stereocenters. The van der Waals surface area contributed by atoms with E-state index >= 15 is 0 Å². The van der Waals surface area contributed by atoms with Gasteiger partial charge in [-0.25, -0.2) is 9.37 Å². The first-order chi connectivity index (χ1) is 12.5. The number of fused-ring (bicyclic) bond motifs is 1. The molecule has 0 bridgehead atoms. The first-order valence-corrected chi connectivity index (χ1v) is 8.61. The Morgan fingerprint density at radius 3 is 2.85 bits per heavy atom. The standard InChI is InChI=1S/C18H17BrFN3O3/c1-25-8-7-22(13-4-6-17-21-10-16(19)23(17)11-13)18(24)12-3-5-14(20)15(9-12)26-2/h3-6,9-11H,7-8H2,1-2H3. The zero-order chi connectivity index (χ0) is 18.7. The SMILES string of the molecule is COCCN(C(=O)c1ccc(F)c(OC)c1)c1ccc2ncc(Br)n2c1. The van der Waals surface area contributed by atoms with E-state index in [-0.39, 0.29) is 11.7 Å². The van der Waals surface area contributed by atoms with Crippen molar-refractivity contribution < 1.29 is 18.7 Å². The average Bonchev–Trinajstić information content (AvgIpc) is 3.03. The van der Waals surface area contributed by atoms with Gasteiger partial charge in [-0.2, -0.15) is 0 Å². The van der Waals surface area contributed by atoms with E-state index in [1.54, 1.807) is 24.4 Å². The minimum Gasteiger partial charge on any atom is -0.494 e. The highest BCUT2D eigenvalue weighted by atomic mass is 79.9. The molecule has 136 valence electrons. The van der Waals surface area contributed by atoms with Gasteiger partial charge in [0.2, 0.25) is 0 Å². The lowest BCUT2D eigenvalue weighted by atomic mass is 10.1. The second-order valence-corrected chi connectivity index (χ2v) is 6.31. The molecule has 0 aliphatic heterocycles. The van der Waals surface area contributed by atoms with E-state index in [1.165, 1.54) is 25.3 Å². The molecule has 0 fully saturated rings. The van der Waals surface area contributed by atoms with Crippen LogP contribution >= 0.6 is 15.9 Å². The van der Waals surface area contributed by atoms with Gasteiger partial charge in [-0.05, 0) is 46.3 Å². The van der Waals surface area contributed by atoms with Crippen LogP contribution in [0.15, 0.2) is 47.3 Å². The maximum absolute atomic E-state index is 13.7. The number of nitrogens with zero attached hydrogens (tertiary/aromatic N) is 3. The van der Waals surface area contributed by atoms with Gasteiger partial charge in [0.15, 0.2) is 11.6 Å². The van der Waals surface area contributed by atoms with E-state index in [9.17, 15) is 9.18 Å². The molecule has 2 aromatic heterocycles. The minimum absolute atomic E-state index is 0.0235. The molecule has 26 heavy (non-hydrogen) atoms. The van der Waals surface area contributed by atoms with Crippen LogP contribution in [0.25, 0.3) is 5.65 Å². The number of halogens is 2. The molecule has 6 nitrogen and oxygen atoms in total. The second kappa shape index (κ2) is 7.84. The highest BCUT2D eigenvalue weighted by Gasteiger charge is 2.20. The van der Waals surface area contributed by atoms with Gasteiger partial charge in [-0.15, -0.1) is 0 Å². The zero-order valence-corrected chi connectivity index (χ0v) is 15.9. The minimum atomic E-state index is -0.517. The first kappa shape index (κ1) is 18.3. The van der Waals surface area contributed by atoms with Crippen LogP contribution < -0.4 is 9.64 Å². The Balaban J connectivity index is 2.01. The van der Waals surface area contributed by atoms with Gasteiger partial charge in [-0.1, -0.05) is 0 Å². The molecule has 0 aliphatic carbocycles. The first-order valence-electron chi connectivity index (χ1n) is 7.82. The van der Waals surface area contributed by atoms with E-state index in [1.807, 2.05) is 16.5 Å². The van der Waals surface area contributed by atoms with Crippen molar-refractivity contribution in [3.8, 4) is 5.75 Å². The van der Waals surface area contributed by atoms with Crippen molar-refractivity contribution in [2.75, 3.05) is 32.3 Å². The summed E-state index contributed by atoms with van der Waals surface area (Å²) in [5, 5.41) is 0. The summed E-state index contributed by atoms with van der Waals surface area (Å²) in [4.78, 5) is 18.9. The quantitative estimate of drug-likeness (QED) is 0.610. The van der Waals surface area contributed by atoms with Crippen molar-refractivity contribution in [1.29, 1.82) is 0 Å². The van der Waals surface area contributed by atoms with E-state index in [0.717, 1.165) is 10.3 Å². The number of hydrogen-bond donors (Lipinski definition) is 0. The fourth-order valence-electron chi connectivity index (χ4n) is 2.58. The summed E-state index contributed by atoms with van der Waals surface area (Å²) in [6, 6.07) is 7.67. The van der Waals surface area contributed by atoms with Crippen molar-refractivity contribution in [2.24, 2.45) is 0 Å². The number of anilines is 1. The Morgan fingerprint density at radius 2 is 2.12 bits per heavy atom. The number of amides is 1. The maximum atomic E-state index is 13.7. The molecular weight excluding hydrogens is 405 g/mol. The Bertz CT molecular complexity index is 945. The number of carbonyl (C=O) groups is 1. The average molecular weight is 422 g/mol. The van der Waals surface area contributed by atoms with Crippen molar-refractivity contribution in [2.45, 2.75) is 0 Å². The zero-order valence-electron chi connectivity index (χ0n) is 14.3. The lowest BCUT2D eigenvalue weighted by molar-refractivity contribution is 0.0975. The van der Waals surface area contributed by atoms with Crippen LogP contribution in [0.4, 0.5) is 10.1 Å². The lowest BCUT2D eigenvalue weighted by Crippen LogP contribution is -2.34. The van der Waals surface area contributed by atoms with Gasteiger partial charge in [0.25, 0.3) is 5.91 Å². The van der Waals surface area contributed by atoms with Crippen LogP contribution in [0.2, 0.25) is 0 Å². The van der Waals surface area contributed by atoms with Crippen molar-refractivity contribution >= 4 is 33.2 Å². The Hall–Kier alpha value is -2.45. The summed E-state index contributed by atoms with van der Waals surface area (Å²) in [7, 11) is 2.93. The van der Waals surface area contributed by atoms with E-state index in [2.05, 4.69) is 20.9 Å². The Kier molecular flexibility index (Phi) is 5.53. The lowest BCUT2D eigenvalue weighted by Gasteiger charge is -2.23. The van der Waals surface area contributed by atoms with E-state index in [4.69, 9.17) is 9.47 Å². The summed E-state index contributed by atoms with van der Waals surface area (Å²) in [5.41, 5.74) is 1.74. The van der Waals surface area contributed by atoms with Gasteiger partial charge in [0.1, 0.15) is 10.3 Å². The van der Waals surface area contributed by atoms with Crippen LogP contribution in [0, 0.1) is 5.82 Å². The molecule has 0 aliphatic rings. The highest BCUT2D eigenvalue weighted by Crippen LogP contribution is 2.24. The van der Waals surface area contributed by atoms with Crippen LogP contribution in [0.5, 0.6) is 5.75 Å². The van der Waals surface area contributed by atoms with Crippen LogP contribution in [0.3, 0.4) is 0 Å². The number of benzene rings is 1. The van der Waals surface area contributed by atoms with Gasteiger partial charge >= 0.3 is 0 Å². The molecule has 3 rings (SSSR count). The van der Waals surface area contributed by atoms with Crippen molar-refractivity contribution in [3.05, 3.63) is 58.7 Å². The molecule has 8 heteroatoms. The van der Waals surface area contributed by atoms with Gasteiger partial charge in [0, 0.05) is 25.4 Å². The molecule has 0 saturated heterocycles. The van der Waals surface area contributed by atoms with Crippen LogP contribution in [-0.2, 0) is 4.74 Å². The molecule has 0 radical (unpaired) electrons. The van der Waals surface area contributed by atoms with Gasteiger partial charge in [0.05, 0.1) is 25.6 Å². The number of aromatic nitrogens is 2. The molecule has 0 N–H and O–H groups in total. The van der Waals surface area contributed by atoms with Crippen LogP contribution in [-0.4, -0.2) is 42.7 Å². The number of ether oxygens (including phenoxy) is 2. The smallest absolute Gasteiger partial charge is 0.258 e. The summed E-state index contributed by atoms with van der Waals surface area (Å²) in [6.07, 6.45) is 3.49. The molecule has 0 saturated carbocycles. The molecule has 3 aromatic rings. The Morgan fingerprint density at radius 1 is 1.31 bits per heavy atom. The molecule has 2 heterocycles. The summed E-state index contributed by atoms with van der Waals surface area (Å²) in [6.45, 7) is 0.694. The molecule has 1 amide bonds. The van der Waals surface area contributed by atoms with Gasteiger partial charge < -0.3 is 14.4 Å². The number of pyridine rings is 1. The predicted molar refractivity (Wildman–Crippen MR) is 99.4 cm³/mol. The number of rotatable bonds is 6. The van der Waals surface area contributed by atoms with Crippen LogP contribution in [0.1, 0.15) is 10.4 Å². The molecule has 1 aromatic carbocycles. The fourth-order valence-corrected chi connectivity index (χ4v) is 2.96. The van der Waals surface area contributed by atoms with Gasteiger partial charge in [-0.3, -0.25) is 9.20 Å². The number of methoxy groups -OCH3 is 2. The number of hydrogen-bond acceptors (Lipinski definition) is 4. The van der Waals surface area contributed by atoms with E-state index < -0.39 is 5.82 Å². The third-order valence-corrected chi connectivity index (χ3v) is 4.51. The third-order valence-electron chi connectivity index (χ3n) is 3.92. The Labute approximate surface area is 158 Å². The topological polar surface area (TPSA) is 56.1 Å². The number of carbonyl (C=O) groups excluding carboxylic acids is 1. The maximum Gasteiger partial charge on any atom is 0.258 e. The monoisotopic (exact) mass is 421 g/mol. The molecular formula is C18H17BrFN3O3. The van der Waals surface area contributed by atoms with E-state index in [0.29, 0.717) is 24.4 Å². The second-order valence-electron chi connectivity index (χ2n) is 5.50. The number of imidazole rings is 1. The summed E-state index contributed by atoms with van der Waals surface area (Å²) in [5.74, 6) is -0.775. The normalized spacial score (nSPS) is 10.9.